The van der Waals surface area contributed by atoms with Crippen LogP contribution < -0.4 is 10.0 Å². The van der Waals surface area contributed by atoms with Crippen molar-refractivity contribution in [3.63, 3.8) is 0 Å². The second-order valence-electron chi connectivity index (χ2n) is 4.85. The van der Waals surface area contributed by atoms with Crippen LogP contribution in [0.2, 0.25) is 0 Å². The molecule has 2 rings (SSSR count). The van der Waals surface area contributed by atoms with Gasteiger partial charge in [0.2, 0.25) is 10.0 Å². The van der Waals surface area contributed by atoms with Crippen molar-refractivity contribution >= 4 is 44.2 Å². The molecule has 0 unspecified atom stereocenters. The van der Waals surface area contributed by atoms with Crippen LogP contribution in [-0.4, -0.2) is 20.9 Å². The summed E-state index contributed by atoms with van der Waals surface area (Å²) in [6.07, 6.45) is 0. The Morgan fingerprint density at radius 3 is 2.24 bits per heavy atom. The molecule has 0 atom stereocenters. The smallest absolute Gasteiger partial charge is 0.258 e. The maximum absolute atomic E-state index is 13.9. The molecule has 0 aromatic heterocycles. The van der Waals surface area contributed by atoms with E-state index in [0.717, 1.165) is 30.3 Å². The van der Waals surface area contributed by atoms with Gasteiger partial charge in [0.1, 0.15) is 17.5 Å². The van der Waals surface area contributed by atoms with Crippen LogP contribution in [0.25, 0.3) is 0 Å². The number of carbonyl (C=O) groups excluding carboxylic acids is 1. The lowest BCUT2D eigenvalue weighted by atomic mass is 10.2. The molecular weight excluding hydrogens is 472 g/mol. The Balaban J connectivity index is 2.36. The van der Waals surface area contributed by atoms with Gasteiger partial charge in [0.25, 0.3) is 5.91 Å². The summed E-state index contributed by atoms with van der Waals surface area (Å²) in [5.41, 5.74) is -0.793. The van der Waals surface area contributed by atoms with E-state index in [2.05, 4.69) is 10.0 Å². The van der Waals surface area contributed by atoms with Gasteiger partial charge in [0.15, 0.2) is 0 Å². The largest absolute Gasteiger partial charge is 0.322 e. The van der Waals surface area contributed by atoms with E-state index in [1.165, 1.54) is 22.6 Å². The Morgan fingerprint density at radius 2 is 1.68 bits per heavy atom. The number of hydrogen-bond acceptors (Lipinski definition) is 3. The minimum atomic E-state index is -3.89. The van der Waals surface area contributed by atoms with E-state index in [4.69, 9.17) is 0 Å². The molecule has 0 saturated carbocycles. The molecule has 0 heterocycles. The molecule has 0 bridgehead atoms. The molecular formula is C15H12F3IN2O3S. The molecule has 2 aromatic rings. The first kappa shape index (κ1) is 19.7. The van der Waals surface area contributed by atoms with Crippen molar-refractivity contribution in [3.05, 3.63) is 56.9 Å². The van der Waals surface area contributed by atoms with Gasteiger partial charge in [-0.1, -0.05) is 6.92 Å². The summed E-state index contributed by atoms with van der Waals surface area (Å²) in [6, 6.07) is 4.43. The molecule has 0 radical (unpaired) electrons. The van der Waals surface area contributed by atoms with Crippen LogP contribution in [0.3, 0.4) is 0 Å². The highest BCUT2D eigenvalue weighted by molar-refractivity contribution is 14.1. The standard InChI is InChI=1S/C15H12F3IN2O3S/c1-2-20-25(23,24)9-3-4-11(16)10(7-9)15(22)21-8-5-12(17)14(19)13(18)6-8/h3-7,20H,2H2,1H3,(H,21,22). The second kappa shape index (κ2) is 7.70. The zero-order valence-corrected chi connectivity index (χ0v) is 15.7. The Bertz CT molecular complexity index is 913. The summed E-state index contributed by atoms with van der Waals surface area (Å²) >= 11 is 1.46. The van der Waals surface area contributed by atoms with Gasteiger partial charge in [-0.2, -0.15) is 0 Å². The molecule has 134 valence electrons. The summed E-state index contributed by atoms with van der Waals surface area (Å²) in [4.78, 5) is 11.9. The van der Waals surface area contributed by atoms with Gasteiger partial charge < -0.3 is 5.32 Å². The first-order chi connectivity index (χ1) is 11.7. The normalized spacial score (nSPS) is 11.4. The van der Waals surface area contributed by atoms with Crippen molar-refractivity contribution < 1.29 is 26.4 Å². The summed E-state index contributed by atoms with van der Waals surface area (Å²) < 4.78 is 66.8. The van der Waals surface area contributed by atoms with Crippen molar-refractivity contribution in [2.75, 3.05) is 11.9 Å². The molecule has 0 saturated heterocycles. The molecule has 0 aliphatic heterocycles. The van der Waals surface area contributed by atoms with E-state index >= 15 is 0 Å². The third-order valence-electron chi connectivity index (χ3n) is 3.07. The lowest BCUT2D eigenvalue weighted by molar-refractivity contribution is 0.102. The zero-order valence-electron chi connectivity index (χ0n) is 12.7. The average Bonchev–Trinajstić information content (AvgIpc) is 2.52. The van der Waals surface area contributed by atoms with Crippen LogP contribution in [0.1, 0.15) is 17.3 Å². The Labute approximate surface area is 155 Å². The Kier molecular flexibility index (Phi) is 6.06. The quantitative estimate of drug-likeness (QED) is 0.506. The number of halogens is 4. The third kappa shape index (κ3) is 4.50. The van der Waals surface area contributed by atoms with Gasteiger partial charge in [-0.25, -0.2) is 26.3 Å². The maximum Gasteiger partial charge on any atom is 0.258 e. The number of anilines is 1. The first-order valence-corrected chi connectivity index (χ1v) is 9.47. The number of carbonyl (C=O) groups is 1. The van der Waals surface area contributed by atoms with Crippen molar-refractivity contribution in [3.8, 4) is 0 Å². The fraction of sp³-hybridized carbons (Fsp3) is 0.133. The molecule has 2 aromatic carbocycles. The van der Waals surface area contributed by atoms with Gasteiger partial charge in [0, 0.05) is 12.2 Å². The molecule has 0 aliphatic rings. The summed E-state index contributed by atoms with van der Waals surface area (Å²) in [5, 5.41) is 2.14. The Hall–Kier alpha value is -1.66. The van der Waals surface area contributed by atoms with Crippen LogP contribution in [0.4, 0.5) is 18.9 Å². The number of hydrogen-bond donors (Lipinski definition) is 2. The lowest BCUT2D eigenvalue weighted by Crippen LogP contribution is -2.24. The minimum Gasteiger partial charge on any atom is -0.322 e. The average molecular weight is 484 g/mol. The third-order valence-corrected chi connectivity index (χ3v) is 5.64. The van der Waals surface area contributed by atoms with E-state index in [-0.39, 0.29) is 20.7 Å². The van der Waals surface area contributed by atoms with Crippen molar-refractivity contribution in [1.29, 1.82) is 0 Å². The van der Waals surface area contributed by atoms with E-state index in [1.807, 2.05) is 0 Å². The first-order valence-electron chi connectivity index (χ1n) is 6.91. The van der Waals surface area contributed by atoms with Gasteiger partial charge in [-0.05, 0) is 52.9 Å². The molecule has 2 N–H and O–H groups in total. The van der Waals surface area contributed by atoms with Crippen LogP contribution in [0.15, 0.2) is 35.2 Å². The van der Waals surface area contributed by atoms with E-state index < -0.39 is 38.9 Å². The van der Waals surface area contributed by atoms with Gasteiger partial charge in [0.05, 0.1) is 14.0 Å². The summed E-state index contributed by atoms with van der Waals surface area (Å²) in [7, 11) is -3.89. The van der Waals surface area contributed by atoms with E-state index in [0.29, 0.717) is 0 Å². The molecule has 10 heteroatoms. The molecule has 0 spiro atoms. The second-order valence-corrected chi connectivity index (χ2v) is 7.70. The molecule has 0 fully saturated rings. The molecule has 1 amide bonds. The minimum absolute atomic E-state index is 0.114. The number of rotatable bonds is 5. The van der Waals surface area contributed by atoms with Crippen LogP contribution in [-0.2, 0) is 10.0 Å². The lowest BCUT2D eigenvalue weighted by Gasteiger charge is -2.10. The van der Waals surface area contributed by atoms with Gasteiger partial charge in [-0.3, -0.25) is 4.79 Å². The highest BCUT2D eigenvalue weighted by Gasteiger charge is 2.19. The van der Waals surface area contributed by atoms with Crippen molar-refractivity contribution in [2.24, 2.45) is 0 Å². The number of nitrogens with one attached hydrogen (secondary N) is 2. The summed E-state index contributed by atoms with van der Waals surface area (Å²) in [5.74, 6) is -3.79. The fourth-order valence-corrected chi connectivity index (χ4v) is 3.32. The van der Waals surface area contributed by atoms with Crippen molar-refractivity contribution in [2.45, 2.75) is 11.8 Å². The van der Waals surface area contributed by atoms with Crippen molar-refractivity contribution in [1.82, 2.24) is 4.72 Å². The number of sulfonamides is 1. The zero-order chi connectivity index (χ0) is 18.8. The molecule has 5 nitrogen and oxygen atoms in total. The monoisotopic (exact) mass is 484 g/mol. The van der Waals surface area contributed by atoms with E-state index in [1.54, 1.807) is 6.92 Å². The molecule has 0 aliphatic carbocycles. The van der Waals surface area contributed by atoms with Crippen LogP contribution >= 0.6 is 22.6 Å². The van der Waals surface area contributed by atoms with Gasteiger partial charge in [-0.15, -0.1) is 0 Å². The maximum atomic E-state index is 13.9. The Morgan fingerprint density at radius 1 is 1.08 bits per heavy atom. The fourth-order valence-electron chi connectivity index (χ4n) is 1.95. The van der Waals surface area contributed by atoms with Gasteiger partial charge >= 0.3 is 0 Å². The van der Waals surface area contributed by atoms with Crippen LogP contribution in [0.5, 0.6) is 0 Å². The topological polar surface area (TPSA) is 75.3 Å². The van der Waals surface area contributed by atoms with E-state index in [9.17, 15) is 26.4 Å². The highest BCUT2D eigenvalue weighted by atomic mass is 127. The number of benzene rings is 2. The predicted molar refractivity (Wildman–Crippen MR) is 94.3 cm³/mol. The molecule has 25 heavy (non-hydrogen) atoms. The predicted octanol–water partition coefficient (Wildman–Crippen LogP) is 3.26. The number of amides is 1. The van der Waals surface area contributed by atoms with Crippen LogP contribution in [0, 0.1) is 21.0 Å². The highest BCUT2D eigenvalue weighted by Crippen LogP contribution is 2.22. The summed E-state index contributed by atoms with van der Waals surface area (Å²) in [6.45, 7) is 1.68. The SMILES string of the molecule is CCNS(=O)(=O)c1ccc(F)c(C(=O)Nc2cc(F)c(I)c(F)c2)c1.